The van der Waals surface area contributed by atoms with Gasteiger partial charge in [0.2, 0.25) is 0 Å². The molecule has 1 aliphatic heterocycles. The van der Waals surface area contributed by atoms with Crippen LogP contribution in [0.15, 0.2) is 21.9 Å². The predicted octanol–water partition coefficient (Wildman–Crippen LogP) is 1.38. The van der Waals surface area contributed by atoms with Crippen LogP contribution in [0.1, 0.15) is 0 Å². The summed E-state index contributed by atoms with van der Waals surface area (Å²) in [5.74, 6) is -1.44. The number of hydrogen-bond donors (Lipinski definition) is 0. The average molecular weight is 249 g/mol. The van der Waals surface area contributed by atoms with Crippen LogP contribution in [0.2, 0.25) is 0 Å². The van der Waals surface area contributed by atoms with Gasteiger partial charge in [-0.25, -0.2) is 9.59 Å². The Balaban J connectivity index is 3.22. The van der Waals surface area contributed by atoms with Gasteiger partial charge in [0.1, 0.15) is 0 Å². The van der Waals surface area contributed by atoms with E-state index in [1.165, 1.54) is 14.2 Å². The highest BCUT2D eigenvalue weighted by Gasteiger charge is 2.25. The van der Waals surface area contributed by atoms with Crippen LogP contribution in [-0.2, 0) is 19.1 Å². The summed E-state index contributed by atoms with van der Waals surface area (Å²) in [6, 6.07) is 0. The molecule has 0 aromatic carbocycles. The predicted molar refractivity (Wildman–Crippen MR) is 59.7 cm³/mol. The molecule has 82 valence electrons. The van der Waals surface area contributed by atoms with Gasteiger partial charge in [0.25, 0.3) is 0 Å². The number of halogens is 1. The van der Waals surface area contributed by atoms with Gasteiger partial charge >= 0.3 is 11.9 Å². The molecule has 1 atom stereocenters. The quantitative estimate of drug-likeness (QED) is 0.421. The Morgan fingerprint density at radius 1 is 1.27 bits per heavy atom. The Bertz CT molecular complexity index is 377. The largest absolute Gasteiger partial charge is 0.465 e. The van der Waals surface area contributed by atoms with Crippen molar-refractivity contribution < 1.29 is 19.1 Å². The number of carbonyl (C=O) groups excluding carboxylic acids is 2. The Morgan fingerprint density at radius 2 is 1.80 bits per heavy atom. The monoisotopic (exact) mass is 248 g/mol. The number of allylic oxidation sites excluding steroid dienone is 2. The van der Waals surface area contributed by atoms with Crippen LogP contribution < -0.4 is 0 Å². The molecule has 0 aliphatic carbocycles. The lowest BCUT2D eigenvalue weighted by Crippen LogP contribution is -2.26. The molecule has 0 saturated carbocycles. The molecule has 1 unspecified atom stereocenters. The first-order chi connectivity index (χ1) is 7.11. The van der Waals surface area contributed by atoms with Crippen molar-refractivity contribution >= 4 is 38.9 Å². The maximum absolute atomic E-state index is 11.4. The SMILES string of the molecule is COC(=O)C(C(=O)OC)=S1C=CC=C1Cl. The first-order valence-corrected chi connectivity index (χ1v) is 5.59. The van der Waals surface area contributed by atoms with Crippen molar-refractivity contribution in [3.05, 3.63) is 21.9 Å². The zero-order valence-corrected chi connectivity index (χ0v) is 9.72. The van der Waals surface area contributed by atoms with Crippen molar-refractivity contribution in [2.24, 2.45) is 0 Å². The van der Waals surface area contributed by atoms with Gasteiger partial charge in [0, 0.05) is 0 Å². The summed E-state index contributed by atoms with van der Waals surface area (Å²) in [6.45, 7) is 0. The molecule has 6 heteroatoms. The molecule has 0 spiro atoms. The lowest BCUT2D eigenvalue weighted by Gasteiger charge is -2.07. The first-order valence-electron chi connectivity index (χ1n) is 3.92. The molecular weight excluding hydrogens is 240 g/mol. The number of ether oxygens (including phenoxy) is 2. The lowest BCUT2D eigenvalue weighted by atomic mass is 10.4. The molecule has 1 rings (SSSR count). The molecular formula is C9H9ClO4S. The molecule has 1 heterocycles. The van der Waals surface area contributed by atoms with Gasteiger partial charge in [-0.3, -0.25) is 0 Å². The third kappa shape index (κ3) is 2.49. The molecule has 0 radical (unpaired) electrons. The minimum atomic E-state index is -0.856. The summed E-state index contributed by atoms with van der Waals surface area (Å²) in [5.41, 5.74) is 0. The van der Waals surface area contributed by atoms with Gasteiger partial charge < -0.3 is 9.47 Å². The van der Waals surface area contributed by atoms with E-state index in [1.54, 1.807) is 17.6 Å². The van der Waals surface area contributed by atoms with E-state index in [4.69, 9.17) is 11.6 Å². The summed E-state index contributed by atoms with van der Waals surface area (Å²) >= 11 is 5.85. The van der Waals surface area contributed by atoms with Gasteiger partial charge in [-0.15, -0.1) is 0 Å². The topological polar surface area (TPSA) is 52.6 Å². The van der Waals surface area contributed by atoms with E-state index in [0.29, 0.717) is 4.36 Å². The van der Waals surface area contributed by atoms with Gasteiger partial charge in [0.15, 0.2) is 4.86 Å². The minimum Gasteiger partial charge on any atom is -0.465 e. The summed E-state index contributed by atoms with van der Waals surface area (Å²) in [7, 11) is 1.54. The maximum atomic E-state index is 11.4. The zero-order chi connectivity index (χ0) is 11.4. The molecule has 15 heavy (non-hydrogen) atoms. The molecule has 0 aromatic heterocycles. The molecule has 0 fully saturated rings. The lowest BCUT2D eigenvalue weighted by molar-refractivity contribution is -0.137. The van der Waals surface area contributed by atoms with Crippen LogP contribution in [0, 0.1) is 0 Å². The molecule has 1 aliphatic rings. The molecule has 0 saturated heterocycles. The second-order valence-electron chi connectivity index (χ2n) is 2.45. The molecule has 0 bridgehead atoms. The summed E-state index contributed by atoms with van der Waals surface area (Å²) in [4.78, 5) is 22.7. The maximum Gasteiger partial charge on any atom is 0.351 e. The van der Waals surface area contributed by atoms with E-state index in [0.717, 1.165) is 0 Å². The van der Waals surface area contributed by atoms with Crippen LogP contribution >= 0.6 is 22.1 Å². The fourth-order valence-electron chi connectivity index (χ4n) is 0.946. The van der Waals surface area contributed by atoms with E-state index < -0.39 is 22.4 Å². The second kappa shape index (κ2) is 5.14. The third-order valence-electron chi connectivity index (χ3n) is 1.61. The van der Waals surface area contributed by atoms with Crippen molar-refractivity contribution in [3.63, 3.8) is 0 Å². The number of methoxy groups -OCH3 is 2. The highest BCUT2D eigenvalue weighted by Crippen LogP contribution is 2.36. The van der Waals surface area contributed by atoms with Crippen molar-refractivity contribution in [1.29, 1.82) is 0 Å². The van der Waals surface area contributed by atoms with Crippen molar-refractivity contribution in [2.45, 2.75) is 0 Å². The van der Waals surface area contributed by atoms with Gasteiger partial charge in [-0.05, 0) is 11.5 Å². The summed E-state index contributed by atoms with van der Waals surface area (Å²) in [5, 5.41) is 1.66. The van der Waals surface area contributed by atoms with Crippen LogP contribution in [0.25, 0.3) is 0 Å². The summed E-state index contributed by atoms with van der Waals surface area (Å²) < 4.78 is 9.43. The Hall–Kier alpha value is -1.07. The molecule has 0 N–H and O–H groups in total. The highest BCUT2D eigenvalue weighted by atomic mass is 35.5. The van der Waals surface area contributed by atoms with E-state index in [2.05, 4.69) is 9.47 Å². The fraction of sp³-hybridized carbons (Fsp3) is 0.222. The van der Waals surface area contributed by atoms with E-state index in [1.807, 2.05) is 0 Å². The van der Waals surface area contributed by atoms with Crippen LogP contribution in [-0.4, -0.2) is 31.0 Å². The van der Waals surface area contributed by atoms with Gasteiger partial charge in [-0.1, -0.05) is 28.2 Å². The first kappa shape index (κ1) is 12.0. The van der Waals surface area contributed by atoms with Crippen LogP contribution in [0.3, 0.4) is 0 Å². The normalized spacial score (nSPS) is 18.3. The van der Waals surface area contributed by atoms with Crippen molar-refractivity contribution in [1.82, 2.24) is 0 Å². The molecule has 0 amide bonds. The molecule has 0 aromatic rings. The minimum absolute atomic E-state index is 0.0880. The number of carbonyl (C=O) groups is 2. The number of esters is 2. The van der Waals surface area contributed by atoms with Crippen LogP contribution in [0.5, 0.6) is 0 Å². The number of hydrogen-bond acceptors (Lipinski definition) is 4. The Morgan fingerprint density at radius 3 is 2.13 bits per heavy atom. The van der Waals surface area contributed by atoms with Crippen molar-refractivity contribution in [2.75, 3.05) is 14.2 Å². The molecule has 4 nitrogen and oxygen atoms in total. The smallest absolute Gasteiger partial charge is 0.351 e. The van der Waals surface area contributed by atoms with Crippen LogP contribution in [0.4, 0.5) is 0 Å². The number of rotatable bonds is 2. The van der Waals surface area contributed by atoms with E-state index >= 15 is 0 Å². The van der Waals surface area contributed by atoms with Gasteiger partial charge in [-0.2, -0.15) is 0 Å². The van der Waals surface area contributed by atoms with Crippen molar-refractivity contribution in [3.8, 4) is 0 Å². The van der Waals surface area contributed by atoms with Gasteiger partial charge in [0.05, 0.1) is 18.6 Å². The Kier molecular flexibility index (Phi) is 4.11. The van der Waals surface area contributed by atoms with E-state index in [9.17, 15) is 9.59 Å². The highest BCUT2D eigenvalue weighted by molar-refractivity contribution is 8.24. The third-order valence-corrected chi connectivity index (χ3v) is 4.00. The zero-order valence-electron chi connectivity index (χ0n) is 8.15. The Labute approximate surface area is 94.4 Å². The second-order valence-corrected chi connectivity index (χ2v) is 4.88. The fourth-order valence-corrected chi connectivity index (χ4v) is 2.85. The average Bonchev–Trinajstić information content (AvgIpc) is 2.64. The van der Waals surface area contributed by atoms with E-state index in [-0.39, 0.29) is 4.86 Å². The standard InChI is InChI=1S/C9H9ClO4S/c1-13-8(11)7(9(12)14-2)15-5-3-4-6(15)10/h3-5H,1-2H3. The summed E-state index contributed by atoms with van der Waals surface area (Å²) in [6.07, 6.45) is 3.30.